The molecule has 0 aromatic carbocycles. The number of carbonyl (C=O) groups is 2. The van der Waals surface area contributed by atoms with Gasteiger partial charge in [0.05, 0.1) is 13.2 Å². The van der Waals surface area contributed by atoms with Crippen molar-refractivity contribution in [2.24, 2.45) is 5.73 Å². The van der Waals surface area contributed by atoms with Crippen molar-refractivity contribution in [1.29, 1.82) is 0 Å². The standard InChI is InChI=1S/C61H116NO8P/c1-3-5-7-9-11-13-15-17-19-21-23-25-27-28-29-30-32-34-36-38-40-42-44-46-48-50-52-54-61(64)70-59(58-69-71(65,66)68-56-55-62)57-67-60(63)53-51-49-47-45-43-41-39-37-35-33-31-26-24-22-20-18-16-14-12-10-8-6-4-2/h15,17,21,23,27-28,59H,3-14,16,18-20,22,24-26,29-58,62H2,1-2H3,(H,65,66)/b17-15-,23-21-,28-27-. The van der Waals surface area contributed by atoms with Gasteiger partial charge in [0.1, 0.15) is 6.61 Å². The molecule has 0 aliphatic heterocycles. The minimum atomic E-state index is -4.39. The molecular weight excluding hydrogens is 906 g/mol. The zero-order valence-electron chi connectivity index (χ0n) is 46.7. The van der Waals surface area contributed by atoms with Gasteiger partial charge in [0.25, 0.3) is 0 Å². The van der Waals surface area contributed by atoms with Gasteiger partial charge >= 0.3 is 19.8 Å². The van der Waals surface area contributed by atoms with Crippen molar-refractivity contribution in [3.63, 3.8) is 0 Å². The number of allylic oxidation sites excluding steroid dienone is 6. The number of ether oxygens (including phenoxy) is 2. The molecule has 71 heavy (non-hydrogen) atoms. The average molecular weight is 1020 g/mol. The van der Waals surface area contributed by atoms with E-state index in [9.17, 15) is 19.0 Å². The molecule has 0 aromatic rings. The zero-order valence-corrected chi connectivity index (χ0v) is 47.6. The third kappa shape index (κ3) is 57.4. The third-order valence-electron chi connectivity index (χ3n) is 13.5. The highest BCUT2D eigenvalue weighted by Gasteiger charge is 2.26. The molecule has 0 amide bonds. The quantitative estimate of drug-likeness (QED) is 0.0264. The lowest BCUT2D eigenvalue weighted by Crippen LogP contribution is -2.29. The molecule has 0 spiro atoms. The van der Waals surface area contributed by atoms with Crippen LogP contribution in [0.1, 0.15) is 309 Å². The number of hydrogen-bond acceptors (Lipinski definition) is 8. The van der Waals surface area contributed by atoms with Gasteiger partial charge in [-0.2, -0.15) is 0 Å². The summed E-state index contributed by atoms with van der Waals surface area (Å²) < 4.78 is 33.1. The van der Waals surface area contributed by atoms with Crippen LogP contribution in [-0.4, -0.2) is 49.3 Å². The first-order chi connectivity index (χ1) is 34.8. The van der Waals surface area contributed by atoms with Crippen molar-refractivity contribution in [1.82, 2.24) is 0 Å². The van der Waals surface area contributed by atoms with Crippen molar-refractivity contribution in [2.45, 2.75) is 315 Å². The highest BCUT2D eigenvalue weighted by molar-refractivity contribution is 7.47. The smallest absolute Gasteiger partial charge is 0.462 e. The summed E-state index contributed by atoms with van der Waals surface area (Å²) in [5.41, 5.74) is 5.39. The third-order valence-corrected chi connectivity index (χ3v) is 14.5. The molecule has 2 unspecified atom stereocenters. The molecular formula is C61H116NO8P. The van der Waals surface area contributed by atoms with Crippen LogP contribution in [0.25, 0.3) is 0 Å². The molecule has 0 rings (SSSR count). The molecule has 0 aromatic heterocycles. The van der Waals surface area contributed by atoms with Crippen LogP contribution in [0.15, 0.2) is 36.5 Å². The van der Waals surface area contributed by atoms with E-state index in [0.29, 0.717) is 6.42 Å². The fourth-order valence-electron chi connectivity index (χ4n) is 9.00. The monoisotopic (exact) mass is 1020 g/mol. The fourth-order valence-corrected chi connectivity index (χ4v) is 9.76. The van der Waals surface area contributed by atoms with E-state index in [1.807, 2.05) is 0 Å². The molecule has 0 bridgehead atoms. The highest BCUT2D eigenvalue weighted by Crippen LogP contribution is 2.43. The molecule has 0 fully saturated rings. The van der Waals surface area contributed by atoms with Crippen LogP contribution in [-0.2, 0) is 32.7 Å². The van der Waals surface area contributed by atoms with Crippen LogP contribution >= 0.6 is 7.82 Å². The zero-order chi connectivity index (χ0) is 51.7. The minimum Gasteiger partial charge on any atom is -0.462 e. The first-order valence-electron chi connectivity index (χ1n) is 30.5. The van der Waals surface area contributed by atoms with Gasteiger partial charge in [-0.1, -0.05) is 281 Å². The van der Waals surface area contributed by atoms with E-state index in [1.54, 1.807) is 0 Å². The van der Waals surface area contributed by atoms with Gasteiger partial charge in [-0.3, -0.25) is 18.6 Å². The van der Waals surface area contributed by atoms with Crippen molar-refractivity contribution >= 4 is 19.8 Å². The molecule has 0 radical (unpaired) electrons. The average Bonchev–Trinajstić information content (AvgIpc) is 3.36. The molecule has 0 saturated heterocycles. The summed E-state index contributed by atoms with van der Waals surface area (Å²) in [7, 11) is -4.39. The van der Waals surface area contributed by atoms with Crippen LogP contribution in [0.3, 0.4) is 0 Å². The maximum Gasteiger partial charge on any atom is 0.472 e. The van der Waals surface area contributed by atoms with Gasteiger partial charge in [0, 0.05) is 19.4 Å². The van der Waals surface area contributed by atoms with E-state index in [-0.39, 0.29) is 38.6 Å². The predicted octanol–water partition coefficient (Wildman–Crippen LogP) is 19.2. The number of esters is 2. The second kappa shape index (κ2) is 57.5. The van der Waals surface area contributed by atoms with Crippen LogP contribution < -0.4 is 5.73 Å². The van der Waals surface area contributed by atoms with Crippen molar-refractivity contribution < 1.29 is 37.6 Å². The predicted molar refractivity (Wildman–Crippen MR) is 303 cm³/mol. The molecule has 0 saturated carbocycles. The Hall–Kier alpha value is -1.77. The number of hydrogen-bond donors (Lipinski definition) is 2. The molecule has 0 aliphatic carbocycles. The molecule has 418 valence electrons. The van der Waals surface area contributed by atoms with Crippen LogP contribution in [0, 0.1) is 0 Å². The molecule has 0 heterocycles. The van der Waals surface area contributed by atoms with E-state index >= 15 is 0 Å². The lowest BCUT2D eigenvalue weighted by molar-refractivity contribution is -0.161. The largest absolute Gasteiger partial charge is 0.472 e. The van der Waals surface area contributed by atoms with Crippen molar-refractivity contribution in [3.8, 4) is 0 Å². The number of nitrogens with two attached hydrogens (primary N) is 1. The Morgan fingerprint density at radius 3 is 1.08 bits per heavy atom. The van der Waals surface area contributed by atoms with Gasteiger partial charge in [-0.25, -0.2) is 4.57 Å². The van der Waals surface area contributed by atoms with Gasteiger partial charge < -0.3 is 20.1 Å². The SMILES string of the molecule is CCCCCCC/C=C\C/C=C\C/C=C\CCCCCCCCCCCCCCC(=O)OC(COC(=O)CCCCCCCCCCCCCCCCCCCCCCCCC)COP(=O)(O)OCCN. The van der Waals surface area contributed by atoms with E-state index in [2.05, 4.69) is 50.3 Å². The molecule has 9 nitrogen and oxygen atoms in total. The number of rotatable bonds is 58. The van der Waals surface area contributed by atoms with E-state index in [1.165, 1.54) is 225 Å². The van der Waals surface area contributed by atoms with Crippen molar-refractivity contribution in [2.75, 3.05) is 26.4 Å². The van der Waals surface area contributed by atoms with E-state index in [4.69, 9.17) is 24.3 Å². The fraction of sp³-hybridized carbons (Fsp3) is 0.869. The van der Waals surface area contributed by atoms with Crippen LogP contribution in [0.5, 0.6) is 0 Å². The van der Waals surface area contributed by atoms with Gasteiger partial charge in [-0.05, 0) is 51.4 Å². The summed E-state index contributed by atoms with van der Waals surface area (Å²) in [6, 6.07) is 0. The maximum absolute atomic E-state index is 12.7. The summed E-state index contributed by atoms with van der Waals surface area (Å²) in [5.74, 6) is -0.813. The molecule has 10 heteroatoms. The summed E-state index contributed by atoms with van der Waals surface area (Å²) in [6.45, 7) is 3.79. The Morgan fingerprint density at radius 1 is 0.423 bits per heavy atom. The summed E-state index contributed by atoms with van der Waals surface area (Å²) in [4.78, 5) is 35.2. The summed E-state index contributed by atoms with van der Waals surface area (Å²) in [6.07, 6.45) is 69.2. The maximum atomic E-state index is 12.7. The van der Waals surface area contributed by atoms with Gasteiger partial charge in [-0.15, -0.1) is 0 Å². The first-order valence-corrected chi connectivity index (χ1v) is 32.0. The normalized spacial score (nSPS) is 13.2. The Kier molecular flexibility index (Phi) is 56.1. The Labute approximate surface area is 439 Å². The summed E-state index contributed by atoms with van der Waals surface area (Å²) in [5, 5.41) is 0. The number of carbonyl (C=O) groups excluding carboxylic acids is 2. The lowest BCUT2D eigenvalue weighted by atomic mass is 10.0. The molecule has 3 N–H and O–H groups in total. The Morgan fingerprint density at radius 2 is 0.732 bits per heavy atom. The summed E-state index contributed by atoms with van der Waals surface area (Å²) >= 11 is 0. The van der Waals surface area contributed by atoms with Crippen LogP contribution in [0.2, 0.25) is 0 Å². The van der Waals surface area contributed by atoms with E-state index < -0.39 is 26.5 Å². The lowest BCUT2D eigenvalue weighted by Gasteiger charge is -2.19. The topological polar surface area (TPSA) is 134 Å². The molecule has 2 atom stereocenters. The number of phosphoric ester groups is 1. The molecule has 0 aliphatic rings. The van der Waals surface area contributed by atoms with Crippen LogP contribution in [0.4, 0.5) is 0 Å². The minimum absolute atomic E-state index is 0.0546. The number of phosphoric acid groups is 1. The van der Waals surface area contributed by atoms with E-state index in [0.717, 1.165) is 51.4 Å². The Bertz CT molecular complexity index is 1260. The van der Waals surface area contributed by atoms with Gasteiger partial charge in [0.15, 0.2) is 6.10 Å². The van der Waals surface area contributed by atoms with Crippen molar-refractivity contribution in [3.05, 3.63) is 36.5 Å². The second-order valence-corrected chi connectivity index (χ2v) is 22.0. The number of unbranched alkanes of at least 4 members (excludes halogenated alkanes) is 39. The first kappa shape index (κ1) is 69.2. The Balaban J connectivity index is 3.93. The second-order valence-electron chi connectivity index (χ2n) is 20.6. The highest BCUT2D eigenvalue weighted by atomic mass is 31.2. The van der Waals surface area contributed by atoms with Gasteiger partial charge in [0.2, 0.25) is 0 Å².